The van der Waals surface area contributed by atoms with Gasteiger partial charge < -0.3 is 14.8 Å². The first-order valence-electron chi connectivity index (χ1n) is 6.31. The highest BCUT2D eigenvalue weighted by atomic mass is 32.2. The third-order valence-electron chi connectivity index (χ3n) is 2.26. The number of esters is 1. The predicted octanol–water partition coefficient (Wildman–Crippen LogP) is 1.75. The van der Waals surface area contributed by atoms with Gasteiger partial charge in [0.05, 0.1) is 13.7 Å². The maximum Gasteiger partial charge on any atom is 0.330 e. The zero-order chi connectivity index (χ0) is 15.2. The van der Waals surface area contributed by atoms with Crippen molar-refractivity contribution in [3.8, 4) is 6.01 Å². The summed E-state index contributed by atoms with van der Waals surface area (Å²) < 4.78 is 10.0. The number of methoxy groups -OCH3 is 1. The number of nitrogens with zero attached hydrogens (tertiary/aromatic N) is 3. The first kappa shape index (κ1) is 16.5. The van der Waals surface area contributed by atoms with E-state index >= 15 is 0 Å². The molecule has 1 heterocycles. The highest BCUT2D eigenvalue weighted by molar-refractivity contribution is 7.99. The molecular formula is C12H20N4O3S. The molecule has 0 saturated heterocycles. The van der Waals surface area contributed by atoms with Gasteiger partial charge in [-0.2, -0.15) is 15.0 Å². The molecule has 20 heavy (non-hydrogen) atoms. The summed E-state index contributed by atoms with van der Waals surface area (Å²) in [6.45, 7) is 7.69. The molecule has 0 aliphatic heterocycles. The van der Waals surface area contributed by atoms with Gasteiger partial charge in [-0.3, -0.25) is 0 Å². The standard InChI is InChI=1S/C12H20N4O3S/c1-6-19-10-13-9(14-11(15-10)20-7-2)16-12(3,4)8(17)18-5/h6-7H2,1-5H3,(H,13,14,15,16). The van der Waals surface area contributed by atoms with Crippen LogP contribution in [0.5, 0.6) is 6.01 Å². The van der Waals surface area contributed by atoms with E-state index < -0.39 is 11.5 Å². The van der Waals surface area contributed by atoms with Crippen LogP contribution in [0.15, 0.2) is 5.16 Å². The fourth-order valence-electron chi connectivity index (χ4n) is 1.37. The first-order valence-corrected chi connectivity index (χ1v) is 7.29. The number of carbonyl (C=O) groups is 1. The van der Waals surface area contributed by atoms with Crippen LogP contribution < -0.4 is 10.1 Å². The number of hydrogen-bond acceptors (Lipinski definition) is 8. The minimum Gasteiger partial charge on any atom is -0.467 e. The molecule has 0 radical (unpaired) electrons. The molecule has 0 unspecified atom stereocenters. The Morgan fingerprint density at radius 3 is 2.55 bits per heavy atom. The number of rotatable bonds is 7. The number of aromatic nitrogens is 3. The predicted molar refractivity (Wildman–Crippen MR) is 77.1 cm³/mol. The lowest BCUT2D eigenvalue weighted by Crippen LogP contribution is -2.41. The van der Waals surface area contributed by atoms with E-state index in [0.29, 0.717) is 11.8 Å². The molecule has 0 aromatic carbocycles. The molecule has 1 aromatic rings. The van der Waals surface area contributed by atoms with Gasteiger partial charge >= 0.3 is 12.0 Å². The average Bonchev–Trinajstić information content (AvgIpc) is 2.37. The SMILES string of the molecule is CCOc1nc(NC(C)(C)C(=O)OC)nc(SCC)n1. The van der Waals surface area contributed by atoms with E-state index in [9.17, 15) is 4.79 Å². The average molecular weight is 300 g/mol. The van der Waals surface area contributed by atoms with Crippen LogP contribution in [0.2, 0.25) is 0 Å². The van der Waals surface area contributed by atoms with Gasteiger partial charge in [-0.05, 0) is 26.5 Å². The monoisotopic (exact) mass is 300 g/mol. The van der Waals surface area contributed by atoms with E-state index in [-0.39, 0.29) is 12.0 Å². The van der Waals surface area contributed by atoms with Crippen molar-refractivity contribution >= 4 is 23.7 Å². The molecule has 0 aliphatic carbocycles. The van der Waals surface area contributed by atoms with Gasteiger partial charge in [0.2, 0.25) is 5.95 Å². The van der Waals surface area contributed by atoms with Crippen molar-refractivity contribution in [2.75, 3.05) is 24.8 Å². The minimum absolute atomic E-state index is 0.238. The molecule has 0 atom stereocenters. The van der Waals surface area contributed by atoms with E-state index in [0.717, 1.165) is 5.75 Å². The lowest BCUT2D eigenvalue weighted by Gasteiger charge is -2.23. The van der Waals surface area contributed by atoms with E-state index in [1.165, 1.54) is 18.9 Å². The summed E-state index contributed by atoms with van der Waals surface area (Å²) in [7, 11) is 1.34. The van der Waals surface area contributed by atoms with Crippen LogP contribution in [-0.4, -0.2) is 45.9 Å². The van der Waals surface area contributed by atoms with Gasteiger partial charge in [-0.25, -0.2) is 4.79 Å². The van der Waals surface area contributed by atoms with Gasteiger partial charge in [0.25, 0.3) is 0 Å². The van der Waals surface area contributed by atoms with Crippen molar-refractivity contribution in [1.82, 2.24) is 15.0 Å². The third kappa shape index (κ3) is 4.52. The molecule has 112 valence electrons. The molecule has 7 nitrogen and oxygen atoms in total. The molecule has 0 bridgehead atoms. The van der Waals surface area contributed by atoms with Crippen molar-refractivity contribution in [2.45, 2.75) is 38.4 Å². The zero-order valence-electron chi connectivity index (χ0n) is 12.4. The quantitative estimate of drug-likeness (QED) is 0.602. The van der Waals surface area contributed by atoms with E-state index in [4.69, 9.17) is 9.47 Å². The minimum atomic E-state index is -0.937. The number of hydrogen-bond donors (Lipinski definition) is 1. The summed E-state index contributed by atoms with van der Waals surface area (Å²) in [5.74, 6) is 0.713. The Hall–Kier alpha value is -1.57. The molecule has 0 amide bonds. The van der Waals surface area contributed by atoms with Crippen LogP contribution >= 0.6 is 11.8 Å². The van der Waals surface area contributed by atoms with E-state index in [2.05, 4.69) is 20.3 Å². The van der Waals surface area contributed by atoms with Crippen LogP contribution in [-0.2, 0) is 9.53 Å². The Balaban J connectivity index is 3.01. The zero-order valence-corrected chi connectivity index (χ0v) is 13.2. The molecule has 0 saturated carbocycles. The van der Waals surface area contributed by atoms with Crippen LogP contribution in [0, 0.1) is 0 Å². The smallest absolute Gasteiger partial charge is 0.330 e. The summed E-state index contributed by atoms with van der Waals surface area (Å²) >= 11 is 1.47. The van der Waals surface area contributed by atoms with Crippen LogP contribution in [0.3, 0.4) is 0 Å². The third-order valence-corrected chi connectivity index (χ3v) is 2.99. The molecule has 0 spiro atoms. The van der Waals surface area contributed by atoms with Crippen molar-refractivity contribution in [2.24, 2.45) is 0 Å². The second-order valence-electron chi connectivity index (χ2n) is 4.33. The second kappa shape index (κ2) is 7.28. The van der Waals surface area contributed by atoms with Crippen LogP contribution in [0.1, 0.15) is 27.7 Å². The number of thioether (sulfide) groups is 1. The lowest BCUT2D eigenvalue weighted by atomic mass is 10.1. The van der Waals surface area contributed by atoms with Crippen molar-refractivity contribution in [3.05, 3.63) is 0 Å². The topological polar surface area (TPSA) is 86.2 Å². The summed E-state index contributed by atoms with van der Waals surface area (Å²) in [6.07, 6.45) is 0. The second-order valence-corrected chi connectivity index (χ2v) is 5.56. The molecule has 1 N–H and O–H groups in total. The van der Waals surface area contributed by atoms with Gasteiger partial charge in [0.1, 0.15) is 5.54 Å². The molecular weight excluding hydrogens is 280 g/mol. The summed E-state index contributed by atoms with van der Waals surface area (Å²) in [4.78, 5) is 24.2. The molecule has 1 aromatic heterocycles. The van der Waals surface area contributed by atoms with Gasteiger partial charge in [-0.15, -0.1) is 0 Å². The first-order chi connectivity index (χ1) is 9.42. The summed E-state index contributed by atoms with van der Waals surface area (Å²) in [5, 5.41) is 3.49. The molecule has 0 fully saturated rings. The fourth-order valence-corrected chi connectivity index (χ4v) is 1.92. The van der Waals surface area contributed by atoms with E-state index in [1.54, 1.807) is 13.8 Å². The van der Waals surface area contributed by atoms with E-state index in [1.807, 2.05) is 13.8 Å². The van der Waals surface area contributed by atoms with Gasteiger partial charge in [0.15, 0.2) is 5.16 Å². The van der Waals surface area contributed by atoms with Crippen molar-refractivity contribution in [3.63, 3.8) is 0 Å². The van der Waals surface area contributed by atoms with Crippen LogP contribution in [0.25, 0.3) is 0 Å². The summed E-state index contributed by atoms with van der Waals surface area (Å²) in [5.41, 5.74) is -0.937. The molecule has 8 heteroatoms. The van der Waals surface area contributed by atoms with Gasteiger partial charge in [-0.1, -0.05) is 18.7 Å². The van der Waals surface area contributed by atoms with Crippen LogP contribution in [0.4, 0.5) is 5.95 Å². The highest BCUT2D eigenvalue weighted by Crippen LogP contribution is 2.20. The maximum absolute atomic E-state index is 11.7. The normalized spacial score (nSPS) is 11.1. The number of carbonyl (C=O) groups excluding carboxylic acids is 1. The lowest BCUT2D eigenvalue weighted by molar-refractivity contribution is -0.144. The molecule has 0 aliphatic rings. The Kier molecular flexibility index (Phi) is 6.00. The number of ether oxygens (including phenoxy) is 2. The summed E-state index contributed by atoms with van der Waals surface area (Å²) in [6, 6.07) is 0.238. The molecule has 1 rings (SSSR count). The number of anilines is 1. The Labute approximate surface area is 122 Å². The highest BCUT2D eigenvalue weighted by Gasteiger charge is 2.29. The Morgan fingerprint density at radius 2 is 2.00 bits per heavy atom. The van der Waals surface area contributed by atoms with Crippen molar-refractivity contribution in [1.29, 1.82) is 0 Å². The largest absolute Gasteiger partial charge is 0.467 e. The Morgan fingerprint density at radius 1 is 1.30 bits per heavy atom. The van der Waals surface area contributed by atoms with Crippen molar-refractivity contribution < 1.29 is 14.3 Å². The maximum atomic E-state index is 11.7. The Bertz CT molecular complexity index is 444. The fraction of sp³-hybridized carbons (Fsp3) is 0.667. The van der Waals surface area contributed by atoms with Gasteiger partial charge in [0, 0.05) is 0 Å². The number of nitrogens with one attached hydrogen (secondary N) is 1.